The third-order valence-electron chi connectivity index (χ3n) is 1.10. The summed E-state index contributed by atoms with van der Waals surface area (Å²) in [7, 11) is 0. The molecule has 0 aromatic carbocycles. The number of thiazole rings is 1. The van der Waals surface area contributed by atoms with E-state index in [1.165, 1.54) is 11.3 Å². The monoisotopic (exact) mass is 219 g/mol. The number of hydrogen-bond acceptors (Lipinski definition) is 3. The number of nitrogens with zero attached hydrogens (tertiary/aromatic N) is 1. The molecule has 1 aromatic heterocycles. The van der Waals surface area contributed by atoms with Crippen molar-refractivity contribution in [1.29, 1.82) is 0 Å². The number of rotatable bonds is 3. The van der Waals surface area contributed by atoms with Gasteiger partial charge in [-0.3, -0.25) is 0 Å². The van der Waals surface area contributed by atoms with Gasteiger partial charge in [0.2, 0.25) is 0 Å². The summed E-state index contributed by atoms with van der Waals surface area (Å²) in [6.07, 6.45) is 2.62. The minimum atomic E-state index is -0.0694. The van der Waals surface area contributed by atoms with E-state index in [1.54, 1.807) is 6.20 Å². The first-order valence-corrected chi connectivity index (χ1v) is 4.79. The highest BCUT2D eigenvalue weighted by Gasteiger charge is 2.09. The Hall–Kier alpha value is -0.220. The Morgan fingerprint density at radius 1 is 1.90 bits per heavy atom. The van der Waals surface area contributed by atoms with Gasteiger partial charge >= 0.3 is 0 Å². The van der Waals surface area contributed by atoms with Gasteiger partial charge in [0.05, 0.1) is 5.92 Å². The van der Waals surface area contributed by atoms with Gasteiger partial charge in [-0.15, -0.1) is 11.3 Å². The van der Waals surface area contributed by atoms with Crippen molar-refractivity contribution in [3.63, 3.8) is 0 Å². The standard InChI is InChI=1S/C6H6BrNOS/c7-3-5(4-9)6-8-1-2-10-6/h1-2,4-5H,3H2. The predicted octanol–water partition coefficient (Wildman–Crippen LogP) is 1.82. The highest BCUT2D eigenvalue weighted by Crippen LogP contribution is 2.17. The van der Waals surface area contributed by atoms with Crippen molar-refractivity contribution in [2.45, 2.75) is 5.92 Å². The SMILES string of the molecule is O=CC(CBr)c1nccs1. The molecule has 1 unspecified atom stereocenters. The summed E-state index contributed by atoms with van der Waals surface area (Å²) in [6.45, 7) is 0. The Balaban J connectivity index is 2.73. The smallest absolute Gasteiger partial charge is 0.130 e. The summed E-state index contributed by atoms with van der Waals surface area (Å²) in [5.41, 5.74) is 0. The van der Waals surface area contributed by atoms with Gasteiger partial charge in [-0.05, 0) is 0 Å². The van der Waals surface area contributed by atoms with Crippen molar-refractivity contribution in [3.8, 4) is 0 Å². The van der Waals surface area contributed by atoms with Crippen molar-refractivity contribution in [2.75, 3.05) is 5.33 Å². The van der Waals surface area contributed by atoms with Crippen LogP contribution in [0.3, 0.4) is 0 Å². The van der Waals surface area contributed by atoms with E-state index in [0.29, 0.717) is 5.33 Å². The minimum absolute atomic E-state index is 0.0694. The first-order chi connectivity index (χ1) is 4.88. The van der Waals surface area contributed by atoms with Crippen LogP contribution >= 0.6 is 27.3 Å². The van der Waals surface area contributed by atoms with Crippen LogP contribution < -0.4 is 0 Å². The molecule has 0 radical (unpaired) electrons. The third-order valence-corrected chi connectivity index (χ3v) is 2.70. The van der Waals surface area contributed by atoms with Crippen LogP contribution in [0, 0.1) is 0 Å². The maximum atomic E-state index is 10.4. The molecule has 54 valence electrons. The van der Waals surface area contributed by atoms with Gasteiger partial charge in [0.25, 0.3) is 0 Å². The Morgan fingerprint density at radius 2 is 2.70 bits per heavy atom. The number of carbonyl (C=O) groups is 1. The first kappa shape index (κ1) is 7.88. The lowest BCUT2D eigenvalue weighted by atomic mass is 10.2. The molecule has 0 amide bonds. The van der Waals surface area contributed by atoms with Crippen molar-refractivity contribution >= 4 is 33.6 Å². The molecule has 0 saturated heterocycles. The van der Waals surface area contributed by atoms with Crippen LogP contribution in [-0.2, 0) is 4.79 Å². The molecule has 0 saturated carbocycles. The fourth-order valence-electron chi connectivity index (χ4n) is 0.578. The van der Waals surface area contributed by atoms with Crippen LogP contribution in [-0.4, -0.2) is 16.6 Å². The largest absolute Gasteiger partial charge is 0.303 e. The van der Waals surface area contributed by atoms with E-state index in [4.69, 9.17) is 0 Å². The summed E-state index contributed by atoms with van der Waals surface area (Å²) in [5.74, 6) is -0.0694. The number of alkyl halides is 1. The van der Waals surface area contributed by atoms with Crippen molar-refractivity contribution in [1.82, 2.24) is 4.98 Å². The second kappa shape index (κ2) is 3.83. The molecule has 0 aliphatic rings. The Labute approximate surface area is 71.4 Å². The zero-order valence-corrected chi connectivity index (χ0v) is 7.56. The molecule has 0 N–H and O–H groups in total. The van der Waals surface area contributed by atoms with Gasteiger partial charge < -0.3 is 4.79 Å². The van der Waals surface area contributed by atoms with Gasteiger partial charge in [-0.1, -0.05) is 15.9 Å². The van der Waals surface area contributed by atoms with Crippen LogP contribution in [0.15, 0.2) is 11.6 Å². The maximum absolute atomic E-state index is 10.4. The fraction of sp³-hybridized carbons (Fsp3) is 0.333. The molecule has 2 nitrogen and oxygen atoms in total. The molecule has 1 atom stereocenters. The molecule has 4 heteroatoms. The molecule has 0 bridgehead atoms. The summed E-state index contributed by atoms with van der Waals surface area (Å²) >= 11 is 4.74. The number of halogens is 1. The molecule has 1 rings (SSSR count). The minimum Gasteiger partial charge on any atom is -0.303 e. The highest BCUT2D eigenvalue weighted by molar-refractivity contribution is 9.09. The zero-order valence-electron chi connectivity index (χ0n) is 5.16. The Kier molecular flexibility index (Phi) is 3.02. The lowest BCUT2D eigenvalue weighted by Crippen LogP contribution is -1.99. The van der Waals surface area contributed by atoms with Crippen LogP contribution in [0.5, 0.6) is 0 Å². The average Bonchev–Trinajstić information content (AvgIpc) is 2.43. The van der Waals surface area contributed by atoms with E-state index in [-0.39, 0.29) is 5.92 Å². The fourth-order valence-corrected chi connectivity index (χ4v) is 1.95. The molecular formula is C6H6BrNOS. The molecule has 1 heterocycles. The summed E-state index contributed by atoms with van der Waals surface area (Å²) in [6, 6.07) is 0. The third kappa shape index (κ3) is 1.64. The summed E-state index contributed by atoms with van der Waals surface area (Å²) < 4.78 is 0. The van der Waals surface area contributed by atoms with Crippen LogP contribution in [0.2, 0.25) is 0 Å². The molecular weight excluding hydrogens is 214 g/mol. The van der Waals surface area contributed by atoms with E-state index in [9.17, 15) is 4.79 Å². The molecule has 1 aromatic rings. The van der Waals surface area contributed by atoms with Gasteiger partial charge in [0, 0.05) is 16.9 Å². The second-order valence-electron chi connectivity index (χ2n) is 1.77. The van der Waals surface area contributed by atoms with E-state index >= 15 is 0 Å². The number of aromatic nitrogens is 1. The normalized spacial score (nSPS) is 12.9. The van der Waals surface area contributed by atoms with Gasteiger partial charge in [0.15, 0.2) is 0 Å². The van der Waals surface area contributed by atoms with Gasteiger partial charge in [0.1, 0.15) is 11.3 Å². The first-order valence-electron chi connectivity index (χ1n) is 2.79. The van der Waals surface area contributed by atoms with Gasteiger partial charge in [-0.25, -0.2) is 4.98 Å². The van der Waals surface area contributed by atoms with E-state index in [1.807, 2.05) is 5.38 Å². The topological polar surface area (TPSA) is 30.0 Å². The van der Waals surface area contributed by atoms with Crippen LogP contribution in [0.1, 0.15) is 10.9 Å². The zero-order chi connectivity index (χ0) is 7.40. The Bertz CT molecular complexity index is 200. The molecule has 10 heavy (non-hydrogen) atoms. The lowest BCUT2D eigenvalue weighted by molar-refractivity contribution is -0.108. The van der Waals surface area contributed by atoms with E-state index in [0.717, 1.165) is 11.3 Å². The highest BCUT2D eigenvalue weighted by atomic mass is 79.9. The van der Waals surface area contributed by atoms with E-state index in [2.05, 4.69) is 20.9 Å². The summed E-state index contributed by atoms with van der Waals surface area (Å²) in [5, 5.41) is 3.41. The quantitative estimate of drug-likeness (QED) is 0.574. The van der Waals surface area contributed by atoms with E-state index < -0.39 is 0 Å². The van der Waals surface area contributed by atoms with Crippen molar-refractivity contribution in [3.05, 3.63) is 16.6 Å². The number of carbonyl (C=O) groups excluding carboxylic acids is 1. The Morgan fingerprint density at radius 3 is 3.10 bits per heavy atom. The van der Waals surface area contributed by atoms with Crippen LogP contribution in [0.4, 0.5) is 0 Å². The van der Waals surface area contributed by atoms with Crippen molar-refractivity contribution < 1.29 is 4.79 Å². The molecule has 0 aliphatic carbocycles. The summed E-state index contributed by atoms with van der Waals surface area (Å²) in [4.78, 5) is 14.4. The average molecular weight is 220 g/mol. The van der Waals surface area contributed by atoms with Gasteiger partial charge in [-0.2, -0.15) is 0 Å². The van der Waals surface area contributed by atoms with Crippen LogP contribution in [0.25, 0.3) is 0 Å². The number of aldehydes is 1. The molecule has 0 spiro atoms. The molecule has 0 fully saturated rings. The molecule has 0 aliphatic heterocycles. The van der Waals surface area contributed by atoms with Crippen molar-refractivity contribution in [2.24, 2.45) is 0 Å². The predicted molar refractivity (Wildman–Crippen MR) is 44.7 cm³/mol. The lowest BCUT2D eigenvalue weighted by Gasteiger charge is -1.98. The second-order valence-corrected chi connectivity index (χ2v) is 3.34. The number of hydrogen-bond donors (Lipinski definition) is 0. The maximum Gasteiger partial charge on any atom is 0.130 e.